The molecule has 1 N–H and O–H groups in total. The summed E-state index contributed by atoms with van der Waals surface area (Å²) in [5.74, 6) is 0. The normalized spacial score (nSPS) is 12.9. The number of aliphatic hydroxyl groups excluding tert-OH is 1. The van der Waals surface area contributed by atoms with Crippen molar-refractivity contribution in [2.24, 2.45) is 0 Å². The van der Waals surface area contributed by atoms with Crippen molar-refractivity contribution in [3.8, 4) is 6.07 Å². The van der Waals surface area contributed by atoms with Gasteiger partial charge < -0.3 is 5.11 Å². The maximum atomic E-state index is 12.0. The van der Waals surface area contributed by atoms with Gasteiger partial charge >= 0.3 is 0 Å². The smallest absolute Gasteiger partial charge is 0.242 e. The van der Waals surface area contributed by atoms with Crippen molar-refractivity contribution in [2.45, 2.75) is 11.0 Å². The highest BCUT2D eigenvalue weighted by Crippen LogP contribution is 2.24. The molecule has 0 fully saturated rings. The van der Waals surface area contributed by atoms with Crippen LogP contribution in [-0.4, -0.2) is 31.9 Å². The predicted molar refractivity (Wildman–Crippen MR) is 82.5 cm³/mol. The minimum Gasteiger partial charge on any atom is -0.384 e. The first-order valence-electron chi connectivity index (χ1n) is 6.57. The van der Waals surface area contributed by atoms with E-state index in [1.807, 2.05) is 6.07 Å². The molecule has 1 atom stereocenters. The number of nitriles is 1. The van der Waals surface area contributed by atoms with Crippen LogP contribution in [0.4, 0.5) is 0 Å². The predicted octanol–water partition coefficient (Wildman–Crippen LogP) is 1.89. The standard InChI is InChI=1S/C16H16N2O3S/c1-18(2)22(20,21)15-9-7-14(8-10-15)16(19)13-5-3-12(11-17)4-6-13/h3-10,16,19H,1-2H3/t16-/m1/s1. The molecule has 0 amide bonds. The monoisotopic (exact) mass is 316 g/mol. The summed E-state index contributed by atoms with van der Waals surface area (Å²) < 4.78 is 25.1. The van der Waals surface area contributed by atoms with Crippen molar-refractivity contribution < 1.29 is 13.5 Å². The van der Waals surface area contributed by atoms with Crippen molar-refractivity contribution in [3.05, 3.63) is 65.2 Å². The van der Waals surface area contributed by atoms with E-state index >= 15 is 0 Å². The zero-order valence-corrected chi connectivity index (χ0v) is 13.1. The van der Waals surface area contributed by atoms with E-state index in [4.69, 9.17) is 5.26 Å². The van der Waals surface area contributed by atoms with Crippen molar-refractivity contribution in [1.29, 1.82) is 5.26 Å². The lowest BCUT2D eigenvalue weighted by molar-refractivity contribution is 0.220. The summed E-state index contributed by atoms with van der Waals surface area (Å²) in [4.78, 5) is 0.174. The average Bonchev–Trinajstić information content (AvgIpc) is 2.54. The molecule has 0 saturated heterocycles. The Hall–Kier alpha value is -2.20. The molecular weight excluding hydrogens is 300 g/mol. The molecule has 114 valence electrons. The van der Waals surface area contributed by atoms with Gasteiger partial charge in [-0.15, -0.1) is 0 Å². The highest BCUT2D eigenvalue weighted by Gasteiger charge is 2.18. The second-order valence-corrected chi connectivity index (χ2v) is 7.14. The number of hydrogen-bond acceptors (Lipinski definition) is 4. The first-order chi connectivity index (χ1) is 10.4. The largest absolute Gasteiger partial charge is 0.384 e. The van der Waals surface area contributed by atoms with Crippen molar-refractivity contribution in [2.75, 3.05) is 14.1 Å². The summed E-state index contributed by atoms with van der Waals surface area (Å²) in [6, 6.07) is 14.7. The van der Waals surface area contributed by atoms with Crippen LogP contribution in [0.3, 0.4) is 0 Å². The zero-order chi connectivity index (χ0) is 16.3. The maximum Gasteiger partial charge on any atom is 0.242 e. The molecule has 2 rings (SSSR count). The highest BCUT2D eigenvalue weighted by atomic mass is 32.2. The minimum absolute atomic E-state index is 0.174. The minimum atomic E-state index is -3.48. The van der Waals surface area contributed by atoms with Gasteiger partial charge in [-0.05, 0) is 35.4 Å². The summed E-state index contributed by atoms with van der Waals surface area (Å²) in [6.07, 6.45) is -0.871. The third-order valence-corrected chi connectivity index (χ3v) is 5.16. The number of benzene rings is 2. The number of aliphatic hydroxyl groups is 1. The first kappa shape index (κ1) is 16.2. The van der Waals surface area contributed by atoms with Crippen LogP contribution < -0.4 is 0 Å². The van der Waals surface area contributed by atoms with Gasteiger partial charge in [-0.1, -0.05) is 24.3 Å². The molecule has 0 aromatic heterocycles. The molecule has 0 unspecified atom stereocenters. The van der Waals surface area contributed by atoms with Crippen LogP contribution in [0.2, 0.25) is 0 Å². The third kappa shape index (κ3) is 3.17. The number of rotatable bonds is 4. The molecular formula is C16H16N2O3S. The fourth-order valence-corrected chi connectivity index (χ4v) is 2.87. The second kappa shape index (κ2) is 6.28. The molecule has 2 aromatic carbocycles. The number of nitrogens with zero attached hydrogens (tertiary/aromatic N) is 2. The molecule has 0 spiro atoms. The Bertz CT molecular complexity index is 789. The molecule has 22 heavy (non-hydrogen) atoms. The Morgan fingerprint density at radius 3 is 1.86 bits per heavy atom. The Labute approximate surface area is 130 Å². The van der Waals surface area contributed by atoms with E-state index in [2.05, 4.69) is 0 Å². The number of sulfonamides is 1. The Morgan fingerprint density at radius 2 is 1.45 bits per heavy atom. The van der Waals surface area contributed by atoms with Crippen LogP contribution in [-0.2, 0) is 10.0 Å². The molecule has 0 saturated carbocycles. The maximum absolute atomic E-state index is 12.0. The quantitative estimate of drug-likeness (QED) is 0.934. The van der Waals surface area contributed by atoms with Crippen LogP contribution in [0.1, 0.15) is 22.8 Å². The van der Waals surface area contributed by atoms with E-state index in [-0.39, 0.29) is 4.90 Å². The van der Waals surface area contributed by atoms with Gasteiger partial charge in [0.15, 0.2) is 0 Å². The lowest BCUT2D eigenvalue weighted by atomic mass is 10.0. The lowest BCUT2D eigenvalue weighted by Gasteiger charge is -2.14. The van der Waals surface area contributed by atoms with Gasteiger partial charge in [-0.25, -0.2) is 12.7 Å². The number of hydrogen-bond donors (Lipinski definition) is 1. The van der Waals surface area contributed by atoms with Crippen LogP contribution in [0.5, 0.6) is 0 Å². The van der Waals surface area contributed by atoms with Gasteiger partial charge in [0.1, 0.15) is 6.10 Å². The summed E-state index contributed by atoms with van der Waals surface area (Å²) >= 11 is 0. The molecule has 0 bridgehead atoms. The van der Waals surface area contributed by atoms with Gasteiger partial charge in [0, 0.05) is 14.1 Å². The molecule has 0 heterocycles. The van der Waals surface area contributed by atoms with Gasteiger partial charge in [0.05, 0.1) is 16.5 Å². The van der Waals surface area contributed by atoms with E-state index in [1.54, 1.807) is 36.4 Å². The average molecular weight is 316 g/mol. The molecule has 2 aromatic rings. The van der Waals surface area contributed by atoms with Gasteiger partial charge in [-0.3, -0.25) is 0 Å². The molecule has 0 radical (unpaired) electrons. The van der Waals surface area contributed by atoms with Gasteiger partial charge in [-0.2, -0.15) is 5.26 Å². The van der Waals surface area contributed by atoms with Gasteiger partial charge in [0.2, 0.25) is 10.0 Å². The molecule has 6 heteroatoms. The Kier molecular flexibility index (Phi) is 4.62. The van der Waals surface area contributed by atoms with Crippen molar-refractivity contribution in [1.82, 2.24) is 4.31 Å². The topological polar surface area (TPSA) is 81.4 Å². The van der Waals surface area contributed by atoms with E-state index < -0.39 is 16.1 Å². The van der Waals surface area contributed by atoms with Crippen LogP contribution >= 0.6 is 0 Å². The summed E-state index contributed by atoms with van der Waals surface area (Å²) in [6.45, 7) is 0. The van der Waals surface area contributed by atoms with Crippen LogP contribution in [0, 0.1) is 11.3 Å². The fraction of sp³-hybridized carbons (Fsp3) is 0.188. The molecule has 0 aliphatic heterocycles. The second-order valence-electron chi connectivity index (χ2n) is 4.99. The van der Waals surface area contributed by atoms with E-state index in [0.717, 1.165) is 4.31 Å². The van der Waals surface area contributed by atoms with Crippen LogP contribution in [0.25, 0.3) is 0 Å². The summed E-state index contributed by atoms with van der Waals surface area (Å²) in [5.41, 5.74) is 1.74. The van der Waals surface area contributed by atoms with Crippen LogP contribution in [0.15, 0.2) is 53.4 Å². The third-order valence-electron chi connectivity index (χ3n) is 3.33. The highest BCUT2D eigenvalue weighted by molar-refractivity contribution is 7.89. The SMILES string of the molecule is CN(C)S(=O)(=O)c1ccc([C@H](O)c2ccc(C#N)cc2)cc1. The first-order valence-corrected chi connectivity index (χ1v) is 8.01. The molecule has 0 aliphatic carbocycles. The fourth-order valence-electron chi connectivity index (χ4n) is 1.97. The van der Waals surface area contributed by atoms with E-state index in [0.29, 0.717) is 16.7 Å². The molecule has 5 nitrogen and oxygen atoms in total. The van der Waals surface area contributed by atoms with Crippen molar-refractivity contribution in [3.63, 3.8) is 0 Å². The zero-order valence-electron chi connectivity index (χ0n) is 12.3. The molecule has 0 aliphatic rings. The van der Waals surface area contributed by atoms with E-state index in [1.165, 1.54) is 26.2 Å². The Balaban J connectivity index is 2.28. The Morgan fingerprint density at radius 1 is 1.00 bits per heavy atom. The van der Waals surface area contributed by atoms with E-state index in [9.17, 15) is 13.5 Å². The summed E-state index contributed by atoms with van der Waals surface area (Å²) in [5, 5.41) is 19.1. The lowest BCUT2D eigenvalue weighted by Crippen LogP contribution is -2.22. The van der Waals surface area contributed by atoms with Crippen molar-refractivity contribution >= 4 is 10.0 Å². The summed E-state index contributed by atoms with van der Waals surface area (Å²) in [7, 11) is -0.543. The van der Waals surface area contributed by atoms with Gasteiger partial charge in [0.25, 0.3) is 0 Å².